The number of rotatable bonds is 4. The molecule has 0 aliphatic rings. The average molecular weight is 322 g/mol. The third kappa shape index (κ3) is 3.73. The number of halogens is 1. The predicted octanol–water partition coefficient (Wildman–Crippen LogP) is 2.47. The lowest BCUT2D eigenvalue weighted by atomic mass is 10.1. The van der Waals surface area contributed by atoms with Gasteiger partial charge in [0.05, 0.1) is 21.2 Å². The zero-order valence-electron chi connectivity index (χ0n) is 10.9. The molecule has 0 amide bonds. The number of hydrogen-bond donors (Lipinski definition) is 2. The Morgan fingerprint density at radius 3 is 2.43 bits per heavy atom. The molecule has 0 bridgehead atoms. The number of nitrogens with two attached hydrogens (primary N) is 1. The van der Waals surface area contributed by atoms with Crippen molar-refractivity contribution in [2.75, 3.05) is 5.32 Å². The van der Waals surface area contributed by atoms with Gasteiger partial charge in [0.2, 0.25) is 10.0 Å². The quantitative estimate of drug-likeness (QED) is 0.904. The van der Waals surface area contributed by atoms with Crippen molar-refractivity contribution in [2.24, 2.45) is 5.14 Å². The van der Waals surface area contributed by atoms with Crippen LogP contribution in [0, 0.1) is 11.3 Å². The van der Waals surface area contributed by atoms with Crippen molar-refractivity contribution in [3.8, 4) is 6.07 Å². The number of benzene rings is 2. The van der Waals surface area contributed by atoms with Crippen molar-refractivity contribution in [2.45, 2.75) is 11.4 Å². The van der Waals surface area contributed by atoms with Crippen molar-refractivity contribution in [1.82, 2.24) is 0 Å². The number of primary sulfonamides is 1. The van der Waals surface area contributed by atoms with Crippen LogP contribution < -0.4 is 10.5 Å². The first kappa shape index (κ1) is 15.3. The van der Waals surface area contributed by atoms with Gasteiger partial charge in [-0.3, -0.25) is 0 Å². The minimum atomic E-state index is -3.68. The molecule has 0 saturated heterocycles. The van der Waals surface area contributed by atoms with E-state index >= 15 is 0 Å². The fourth-order valence-electron chi connectivity index (χ4n) is 1.78. The maximum absolute atomic E-state index is 11.2. The van der Waals surface area contributed by atoms with Crippen LogP contribution in [0.25, 0.3) is 0 Å². The van der Waals surface area contributed by atoms with Gasteiger partial charge in [0.25, 0.3) is 0 Å². The fraction of sp³-hybridized carbons (Fsp3) is 0.0714. The molecule has 2 aromatic carbocycles. The number of nitrogens with one attached hydrogen (secondary N) is 1. The highest BCUT2D eigenvalue weighted by Crippen LogP contribution is 2.23. The summed E-state index contributed by atoms with van der Waals surface area (Å²) in [6.07, 6.45) is 0. The second-order valence-corrected chi connectivity index (χ2v) is 6.29. The Morgan fingerprint density at radius 1 is 1.19 bits per heavy atom. The van der Waals surface area contributed by atoms with E-state index < -0.39 is 10.0 Å². The molecule has 0 aromatic heterocycles. The summed E-state index contributed by atoms with van der Waals surface area (Å²) in [4.78, 5) is 0.0618. The molecular formula is C14H12ClN3O2S. The summed E-state index contributed by atoms with van der Waals surface area (Å²) in [5, 5.41) is 17.6. The molecule has 0 spiro atoms. The number of nitrogens with zero attached hydrogens (tertiary/aromatic N) is 1. The zero-order valence-corrected chi connectivity index (χ0v) is 12.4. The highest BCUT2D eigenvalue weighted by molar-refractivity contribution is 7.89. The van der Waals surface area contributed by atoms with Crippen LogP contribution in [-0.2, 0) is 16.6 Å². The van der Waals surface area contributed by atoms with Gasteiger partial charge >= 0.3 is 0 Å². The van der Waals surface area contributed by atoms with E-state index in [2.05, 4.69) is 5.32 Å². The van der Waals surface area contributed by atoms with E-state index in [0.29, 0.717) is 22.8 Å². The summed E-state index contributed by atoms with van der Waals surface area (Å²) >= 11 is 5.94. The SMILES string of the molecule is N#Cc1c(Cl)cccc1NCc1ccc(S(N)(=O)=O)cc1. The average Bonchev–Trinajstić information content (AvgIpc) is 2.44. The van der Waals surface area contributed by atoms with Gasteiger partial charge in [-0.1, -0.05) is 29.8 Å². The lowest BCUT2D eigenvalue weighted by Gasteiger charge is -2.09. The minimum Gasteiger partial charge on any atom is -0.380 e. The molecule has 7 heteroatoms. The van der Waals surface area contributed by atoms with E-state index in [1.54, 1.807) is 30.3 Å². The van der Waals surface area contributed by atoms with Gasteiger partial charge in [0.1, 0.15) is 6.07 Å². The summed E-state index contributed by atoms with van der Waals surface area (Å²) in [6.45, 7) is 0.430. The zero-order chi connectivity index (χ0) is 15.5. The highest BCUT2D eigenvalue weighted by atomic mass is 35.5. The Morgan fingerprint density at radius 2 is 1.86 bits per heavy atom. The van der Waals surface area contributed by atoms with Crippen LogP contribution in [0.4, 0.5) is 5.69 Å². The highest BCUT2D eigenvalue weighted by Gasteiger charge is 2.08. The number of hydrogen-bond acceptors (Lipinski definition) is 4. The van der Waals surface area contributed by atoms with Crippen LogP contribution >= 0.6 is 11.6 Å². The van der Waals surface area contributed by atoms with Gasteiger partial charge in [-0.05, 0) is 29.8 Å². The molecule has 21 heavy (non-hydrogen) atoms. The molecule has 0 saturated carbocycles. The lowest BCUT2D eigenvalue weighted by molar-refractivity contribution is 0.598. The maximum atomic E-state index is 11.2. The summed E-state index contributed by atoms with van der Waals surface area (Å²) in [6, 6.07) is 13.4. The molecular weight excluding hydrogens is 310 g/mol. The first-order valence-electron chi connectivity index (χ1n) is 5.96. The van der Waals surface area contributed by atoms with E-state index in [9.17, 15) is 8.42 Å². The third-order valence-corrected chi connectivity index (χ3v) is 4.10. The Labute approximate surface area is 128 Å². The molecule has 0 unspecified atom stereocenters. The fourth-order valence-corrected chi connectivity index (χ4v) is 2.51. The van der Waals surface area contributed by atoms with Crippen LogP contribution in [-0.4, -0.2) is 8.42 Å². The molecule has 0 fully saturated rings. The number of nitriles is 1. The van der Waals surface area contributed by atoms with E-state index in [1.807, 2.05) is 6.07 Å². The maximum Gasteiger partial charge on any atom is 0.238 e. The van der Waals surface area contributed by atoms with Crippen molar-refractivity contribution in [3.05, 3.63) is 58.6 Å². The van der Waals surface area contributed by atoms with Crippen molar-refractivity contribution in [3.63, 3.8) is 0 Å². The Bertz CT molecular complexity index is 796. The topological polar surface area (TPSA) is 96.0 Å². The molecule has 5 nitrogen and oxygen atoms in total. The molecule has 3 N–H and O–H groups in total. The Hall–Kier alpha value is -2.07. The molecule has 2 rings (SSSR count). The Balaban J connectivity index is 2.15. The molecule has 0 heterocycles. The number of anilines is 1. The minimum absolute atomic E-state index is 0.0618. The second kappa shape index (κ2) is 6.14. The molecule has 2 aromatic rings. The second-order valence-electron chi connectivity index (χ2n) is 4.32. The summed E-state index contributed by atoms with van der Waals surface area (Å²) in [5.41, 5.74) is 1.85. The van der Waals surface area contributed by atoms with Gasteiger partial charge in [-0.2, -0.15) is 5.26 Å². The first-order chi connectivity index (χ1) is 9.91. The van der Waals surface area contributed by atoms with Gasteiger partial charge in [-0.15, -0.1) is 0 Å². The normalized spacial score (nSPS) is 10.9. The molecule has 108 valence electrons. The standard InChI is InChI=1S/C14H12ClN3O2S/c15-13-2-1-3-14(12(13)8-16)18-9-10-4-6-11(7-5-10)21(17,19)20/h1-7,18H,9H2,(H2,17,19,20). The van der Waals surface area contributed by atoms with Crippen LogP contribution in [0.15, 0.2) is 47.4 Å². The lowest BCUT2D eigenvalue weighted by Crippen LogP contribution is -2.12. The van der Waals surface area contributed by atoms with Gasteiger partial charge < -0.3 is 5.32 Å². The van der Waals surface area contributed by atoms with Gasteiger partial charge in [0.15, 0.2) is 0 Å². The van der Waals surface area contributed by atoms with E-state index in [-0.39, 0.29) is 4.90 Å². The summed E-state index contributed by atoms with van der Waals surface area (Å²) in [7, 11) is -3.68. The van der Waals surface area contributed by atoms with Crippen molar-refractivity contribution >= 4 is 27.3 Å². The van der Waals surface area contributed by atoms with E-state index in [1.165, 1.54) is 12.1 Å². The van der Waals surface area contributed by atoms with Crippen molar-refractivity contribution in [1.29, 1.82) is 5.26 Å². The van der Waals surface area contributed by atoms with Crippen LogP contribution in [0.5, 0.6) is 0 Å². The van der Waals surface area contributed by atoms with Gasteiger partial charge in [-0.25, -0.2) is 13.6 Å². The molecule has 0 aliphatic heterocycles. The van der Waals surface area contributed by atoms with Crippen LogP contribution in [0.3, 0.4) is 0 Å². The first-order valence-corrected chi connectivity index (χ1v) is 7.88. The van der Waals surface area contributed by atoms with Crippen molar-refractivity contribution < 1.29 is 8.42 Å². The smallest absolute Gasteiger partial charge is 0.238 e. The van der Waals surface area contributed by atoms with Crippen LogP contribution in [0.2, 0.25) is 5.02 Å². The molecule has 0 atom stereocenters. The summed E-state index contributed by atoms with van der Waals surface area (Å²) in [5.74, 6) is 0. The van der Waals surface area contributed by atoms with Crippen LogP contribution in [0.1, 0.15) is 11.1 Å². The monoisotopic (exact) mass is 321 g/mol. The van der Waals surface area contributed by atoms with E-state index in [0.717, 1.165) is 5.56 Å². The van der Waals surface area contributed by atoms with E-state index in [4.69, 9.17) is 22.0 Å². The molecule has 0 radical (unpaired) electrons. The summed E-state index contributed by atoms with van der Waals surface area (Å²) < 4.78 is 22.3. The largest absolute Gasteiger partial charge is 0.380 e. The third-order valence-electron chi connectivity index (χ3n) is 2.86. The van der Waals surface area contributed by atoms with Gasteiger partial charge in [0, 0.05) is 6.54 Å². The number of sulfonamides is 1. The predicted molar refractivity (Wildman–Crippen MR) is 81.3 cm³/mol. The molecule has 0 aliphatic carbocycles. The Kier molecular flexibility index (Phi) is 4.48.